The molecule has 2 aliphatic rings. The Kier molecular flexibility index (Phi) is 3.99. The molecule has 5 nitrogen and oxygen atoms in total. The molecule has 3 atom stereocenters. The second-order valence-corrected chi connectivity index (χ2v) is 8.82. The van der Waals surface area contributed by atoms with E-state index < -0.39 is 17.1 Å². The summed E-state index contributed by atoms with van der Waals surface area (Å²) >= 11 is 2.27. The smallest absolute Gasteiger partial charge is 0.305 e. The predicted octanol–water partition coefficient (Wildman–Crippen LogP) is 3.37. The molecule has 1 saturated heterocycles. The number of imide groups is 1. The molecular weight excluding hydrogens is 399 g/mol. The van der Waals surface area contributed by atoms with E-state index in [0.717, 1.165) is 16.2 Å². The summed E-state index contributed by atoms with van der Waals surface area (Å²) in [5.74, 6) is -2.10. The highest BCUT2D eigenvalue weighted by Gasteiger charge is 2.56. The topological polar surface area (TPSA) is 70.2 Å². The van der Waals surface area contributed by atoms with Gasteiger partial charge in [0.05, 0.1) is 16.6 Å². The SMILES string of the molecule is O=C1C2Sc3[nH]c(=O)sc3[C@H](c3ccc(F)cc3)C2C(=O)N1c1ccccc1. The van der Waals surface area contributed by atoms with Gasteiger partial charge in [-0.1, -0.05) is 53.4 Å². The maximum absolute atomic E-state index is 13.5. The van der Waals surface area contributed by atoms with E-state index in [1.165, 1.54) is 28.8 Å². The number of aromatic nitrogens is 1. The van der Waals surface area contributed by atoms with Crippen molar-refractivity contribution in [2.24, 2.45) is 5.92 Å². The number of thioether (sulfide) groups is 1. The molecule has 8 heteroatoms. The third-order valence-electron chi connectivity index (χ3n) is 5.07. The number of benzene rings is 2. The zero-order valence-corrected chi connectivity index (χ0v) is 15.9. The van der Waals surface area contributed by atoms with Gasteiger partial charge in [-0.05, 0) is 29.8 Å². The van der Waals surface area contributed by atoms with Crippen molar-refractivity contribution in [3.05, 3.63) is 80.5 Å². The molecule has 1 N–H and O–H groups in total. The van der Waals surface area contributed by atoms with Crippen LogP contribution in [0.5, 0.6) is 0 Å². The summed E-state index contributed by atoms with van der Waals surface area (Å²) in [6, 6.07) is 14.7. The number of aromatic amines is 1. The minimum Gasteiger partial charge on any atom is -0.307 e. The van der Waals surface area contributed by atoms with Crippen molar-refractivity contribution in [2.45, 2.75) is 16.2 Å². The minimum absolute atomic E-state index is 0.232. The van der Waals surface area contributed by atoms with E-state index in [1.807, 2.05) is 6.07 Å². The highest BCUT2D eigenvalue weighted by molar-refractivity contribution is 8.00. The van der Waals surface area contributed by atoms with Gasteiger partial charge in [-0.2, -0.15) is 0 Å². The molecule has 1 aromatic heterocycles. The Balaban J connectivity index is 1.66. The van der Waals surface area contributed by atoms with Crippen LogP contribution in [0.2, 0.25) is 0 Å². The fourth-order valence-corrected chi connectivity index (χ4v) is 6.39. The first-order valence-electron chi connectivity index (χ1n) is 8.62. The van der Waals surface area contributed by atoms with E-state index in [2.05, 4.69) is 4.98 Å². The summed E-state index contributed by atoms with van der Waals surface area (Å²) in [4.78, 5) is 43.0. The van der Waals surface area contributed by atoms with Crippen LogP contribution in [0.3, 0.4) is 0 Å². The van der Waals surface area contributed by atoms with Gasteiger partial charge in [0.2, 0.25) is 11.8 Å². The van der Waals surface area contributed by atoms with E-state index >= 15 is 0 Å². The van der Waals surface area contributed by atoms with Crippen molar-refractivity contribution in [2.75, 3.05) is 4.90 Å². The highest BCUT2D eigenvalue weighted by atomic mass is 32.2. The predicted molar refractivity (Wildman–Crippen MR) is 105 cm³/mol. The number of hydrogen-bond acceptors (Lipinski definition) is 5. The molecule has 5 rings (SSSR count). The Bertz CT molecular complexity index is 1140. The maximum Gasteiger partial charge on any atom is 0.305 e. The van der Waals surface area contributed by atoms with Gasteiger partial charge in [0.15, 0.2) is 0 Å². The van der Waals surface area contributed by atoms with Crippen LogP contribution >= 0.6 is 23.1 Å². The van der Waals surface area contributed by atoms with Gasteiger partial charge in [-0.15, -0.1) is 0 Å². The minimum atomic E-state index is -0.651. The van der Waals surface area contributed by atoms with Crippen molar-refractivity contribution in [3.8, 4) is 0 Å². The number of anilines is 1. The number of H-pyrrole nitrogens is 1. The van der Waals surface area contributed by atoms with Crippen LogP contribution in [0.1, 0.15) is 16.4 Å². The standard InChI is InChI=1S/C20H13FN2O3S2/c21-11-8-6-10(7-9-11)13-14-16(27-17-15(13)28-20(26)22-17)19(25)23(18(14)24)12-4-2-1-3-5-12/h1-9,13-14,16H,(H,22,26)/t13-,14?,16?/m1/s1. The number of hydrogen-bond donors (Lipinski definition) is 1. The van der Waals surface area contributed by atoms with Gasteiger partial charge < -0.3 is 4.98 Å². The highest BCUT2D eigenvalue weighted by Crippen LogP contribution is 2.53. The molecule has 1 fully saturated rings. The molecule has 2 amide bonds. The Morgan fingerprint density at radius 3 is 2.36 bits per heavy atom. The average Bonchev–Trinajstić information content (AvgIpc) is 3.18. The van der Waals surface area contributed by atoms with Gasteiger partial charge in [0.25, 0.3) is 0 Å². The van der Waals surface area contributed by atoms with Crippen LogP contribution in [0.4, 0.5) is 10.1 Å². The molecule has 2 unspecified atom stereocenters. The second-order valence-electron chi connectivity index (χ2n) is 6.65. The quantitative estimate of drug-likeness (QED) is 0.655. The van der Waals surface area contributed by atoms with Crippen molar-refractivity contribution in [1.29, 1.82) is 0 Å². The average molecular weight is 412 g/mol. The van der Waals surface area contributed by atoms with Crippen molar-refractivity contribution in [3.63, 3.8) is 0 Å². The lowest BCUT2D eigenvalue weighted by Gasteiger charge is -2.29. The molecule has 140 valence electrons. The zero-order valence-electron chi connectivity index (χ0n) is 14.3. The molecule has 2 aromatic carbocycles. The number of halogens is 1. The number of para-hydroxylation sites is 1. The summed E-state index contributed by atoms with van der Waals surface area (Å²) in [6.45, 7) is 0. The third-order valence-corrected chi connectivity index (χ3v) is 7.47. The Morgan fingerprint density at radius 2 is 1.64 bits per heavy atom. The van der Waals surface area contributed by atoms with E-state index in [0.29, 0.717) is 16.3 Å². The van der Waals surface area contributed by atoms with Crippen LogP contribution in [-0.2, 0) is 9.59 Å². The summed E-state index contributed by atoms with van der Waals surface area (Å²) in [5, 5.41) is -0.0258. The van der Waals surface area contributed by atoms with E-state index in [9.17, 15) is 18.8 Å². The van der Waals surface area contributed by atoms with Gasteiger partial charge in [-0.3, -0.25) is 14.4 Å². The number of nitrogens with zero attached hydrogens (tertiary/aromatic N) is 1. The summed E-state index contributed by atoms with van der Waals surface area (Å²) in [5.41, 5.74) is 1.24. The number of fused-ring (bicyclic) bond motifs is 2. The van der Waals surface area contributed by atoms with Gasteiger partial charge >= 0.3 is 4.87 Å². The molecule has 0 aliphatic carbocycles. The van der Waals surface area contributed by atoms with Crippen LogP contribution < -0.4 is 9.77 Å². The molecule has 0 bridgehead atoms. The van der Waals surface area contributed by atoms with Crippen molar-refractivity contribution in [1.82, 2.24) is 4.98 Å². The molecule has 0 spiro atoms. The Labute approximate surface area is 167 Å². The summed E-state index contributed by atoms with van der Waals surface area (Å²) in [7, 11) is 0. The molecule has 2 aliphatic heterocycles. The number of carbonyl (C=O) groups is 2. The fraction of sp³-hybridized carbons (Fsp3) is 0.150. The largest absolute Gasteiger partial charge is 0.307 e. The maximum atomic E-state index is 13.5. The number of amides is 2. The number of rotatable bonds is 2. The lowest BCUT2D eigenvalue weighted by atomic mass is 9.83. The normalized spacial score (nSPS) is 23.6. The van der Waals surface area contributed by atoms with Crippen LogP contribution in [0.15, 0.2) is 64.4 Å². The number of nitrogens with one attached hydrogen (secondary N) is 1. The zero-order chi connectivity index (χ0) is 19.4. The van der Waals surface area contributed by atoms with E-state index in [4.69, 9.17) is 0 Å². The van der Waals surface area contributed by atoms with Gasteiger partial charge in [0.1, 0.15) is 11.1 Å². The first-order valence-corrected chi connectivity index (χ1v) is 10.3. The molecule has 0 radical (unpaired) electrons. The second kappa shape index (κ2) is 6.42. The van der Waals surface area contributed by atoms with Gasteiger partial charge in [-0.25, -0.2) is 9.29 Å². The van der Waals surface area contributed by atoms with Crippen LogP contribution in [0, 0.1) is 11.7 Å². The molecule has 3 heterocycles. The Morgan fingerprint density at radius 1 is 0.929 bits per heavy atom. The van der Waals surface area contributed by atoms with Gasteiger partial charge in [0, 0.05) is 10.8 Å². The van der Waals surface area contributed by atoms with Crippen LogP contribution in [0.25, 0.3) is 0 Å². The lowest BCUT2D eigenvalue weighted by molar-refractivity contribution is -0.122. The molecule has 3 aromatic rings. The number of carbonyl (C=O) groups excluding carboxylic acids is 2. The molecular formula is C20H13FN2O3S2. The van der Waals surface area contributed by atoms with E-state index in [-0.39, 0.29) is 22.5 Å². The molecule has 0 saturated carbocycles. The van der Waals surface area contributed by atoms with Crippen molar-refractivity contribution >= 4 is 40.6 Å². The first kappa shape index (κ1) is 17.4. The summed E-state index contributed by atoms with van der Waals surface area (Å²) in [6.07, 6.45) is 0. The summed E-state index contributed by atoms with van der Waals surface area (Å²) < 4.78 is 13.5. The lowest BCUT2D eigenvalue weighted by Crippen LogP contribution is -2.32. The first-order chi connectivity index (χ1) is 13.5. The number of thiazole rings is 1. The monoisotopic (exact) mass is 412 g/mol. The Hall–Kier alpha value is -2.71. The fourth-order valence-electron chi connectivity index (χ4n) is 3.88. The van der Waals surface area contributed by atoms with Crippen molar-refractivity contribution < 1.29 is 14.0 Å². The van der Waals surface area contributed by atoms with E-state index in [1.54, 1.807) is 36.4 Å². The van der Waals surface area contributed by atoms with Crippen LogP contribution in [-0.4, -0.2) is 22.0 Å². The third kappa shape index (κ3) is 2.56. The molecule has 28 heavy (non-hydrogen) atoms.